The Hall–Kier alpha value is -3.88. The molecule has 13 nitrogen and oxygen atoms in total. The number of aromatic hydroxyl groups is 2. The second-order valence-corrected chi connectivity index (χ2v) is 11.4. The van der Waals surface area contributed by atoms with Gasteiger partial charge in [-0.1, -0.05) is 12.1 Å². The van der Waals surface area contributed by atoms with Crippen molar-refractivity contribution in [2.75, 3.05) is 20.8 Å². The Kier molecular flexibility index (Phi) is 8.53. The van der Waals surface area contributed by atoms with Crippen molar-refractivity contribution in [3.63, 3.8) is 0 Å². The van der Waals surface area contributed by atoms with Gasteiger partial charge in [-0.15, -0.1) is 0 Å². The molecule has 3 aliphatic rings. The number of esters is 1. The highest BCUT2D eigenvalue weighted by molar-refractivity contribution is 6.31. The number of rotatable bonds is 8. The number of carbonyl (C=O) groups is 4. The number of phenolic OH excluding ortho intramolecular Hbond substituents is 2. The van der Waals surface area contributed by atoms with E-state index >= 15 is 0 Å². The maximum absolute atomic E-state index is 13.8. The highest BCUT2D eigenvalue weighted by atomic mass is 16.7. The zero-order valence-corrected chi connectivity index (χ0v) is 24.7. The number of aliphatic hydroxyl groups excluding tert-OH is 1. The lowest BCUT2D eigenvalue weighted by Gasteiger charge is -2.43. The Morgan fingerprint density at radius 3 is 2.45 bits per heavy atom. The number of phenols is 2. The van der Waals surface area contributed by atoms with Crippen molar-refractivity contribution in [1.82, 2.24) is 5.32 Å². The fourth-order valence-electron chi connectivity index (χ4n) is 6.29. The largest absolute Gasteiger partial charge is 0.507 e. The van der Waals surface area contributed by atoms with E-state index in [0.717, 1.165) is 0 Å². The normalized spacial score (nSPS) is 27.6. The predicted octanol–water partition coefficient (Wildman–Crippen LogP) is 1.22. The van der Waals surface area contributed by atoms with Gasteiger partial charge in [-0.2, -0.15) is 0 Å². The molecule has 0 unspecified atom stereocenters. The highest BCUT2D eigenvalue weighted by Crippen LogP contribution is 2.52. The molecule has 44 heavy (non-hydrogen) atoms. The predicted molar refractivity (Wildman–Crippen MR) is 151 cm³/mol. The summed E-state index contributed by atoms with van der Waals surface area (Å²) < 4.78 is 22.1. The van der Waals surface area contributed by atoms with Crippen molar-refractivity contribution >= 4 is 23.3 Å². The van der Waals surface area contributed by atoms with Gasteiger partial charge in [-0.25, -0.2) is 0 Å². The Labute approximate surface area is 252 Å². The number of hydrogen-bond donors (Lipinski definition) is 5. The smallest absolute Gasteiger partial charge is 0.306 e. The van der Waals surface area contributed by atoms with E-state index in [0.29, 0.717) is 0 Å². The molecule has 2 aliphatic carbocycles. The van der Waals surface area contributed by atoms with Crippen molar-refractivity contribution in [2.24, 2.45) is 0 Å². The van der Waals surface area contributed by atoms with Gasteiger partial charge in [0.1, 0.15) is 22.8 Å². The zero-order valence-electron chi connectivity index (χ0n) is 24.7. The van der Waals surface area contributed by atoms with Gasteiger partial charge in [0.2, 0.25) is 5.78 Å². The van der Waals surface area contributed by atoms with Crippen LogP contribution in [0.5, 0.6) is 17.2 Å². The van der Waals surface area contributed by atoms with Crippen molar-refractivity contribution in [1.29, 1.82) is 0 Å². The lowest BCUT2D eigenvalue weighted by molar-refractivity contribution is -0.249. The number of carbonyl (C=O) groups excluding carboxylic acids is 4. The fourth-order valence-corrected chi connectivity index (χ4v) is 6.29. The summed E-state index contributed by atoms with van der Waals surface area (Å²) in [6.07, 6.45) is -4.73. The maximum Gasteiger partial charge on any atom is 0.306 e. The number of aliphatic hydroxyl groups is 2. The van der Waals surface area contributed by atoms with Crippen molar-refractivity contribution in [3.05, 3.63) is 51.6 Å². The molecule has 1 fully saturated rings. The first kappa shape index (κ1) is 31.5. The Morgan fingerprint density at radius 1 is 1.09 bits per heavy atom. The minimum absolute atomic E-state index is 0.0316. The van der Waals surface area contributed by atoms with E-state index in [1.807, 2.05) is 0 Å². The van der Waals surface area contributed by atoms with Crippen LogP contribution in [0, 0.1) is 0 Å². The van der Waals surface area contributed by atoms with E-state index in [4.69, 9.17) is 14.2 Å². The lowest BCUT2D eigenvalue weighted by atomic mass is 9.72. The molecule has 0 aromatic heterocycles. The molecule has 5 N–H and O–H groups in total. The maximum atomic E-state index is 13.8. The van der Waals surface area contributed by atoms with Crippen LogP contribution in [-0.2, 0) is 30.2 Å². The average Bonchev–Trinajstić information content (AvgIpc) is 2.99. The molecule has 0 saturated carbocycles. The van der Waals surface area contributed by atoms with Crippen molar-refractivity contribution in [3.8, 4) is 17.2 Å². The second-order valence-electron chi connectivity index (χ2n) is 11.4. The molecule has 1 aliphatic heterocycles. The molecule has 2 aromatic carbocycles. The van der Waals surface area contributed by atoms with E-state index < -0.39 is 88.6 Å². The molecule has 0 amide bonds. The van der Waals surface area contributed by atoms with Gasteiger partial charge in [0.05, 0.1) is 55.6 Å². The molecule has 13 heteroatoms. The number of Topliss-reactive ketones (excluding diaryl/α,β-unsaturated/α-hetero) is 1. The molecule has 6 atom stereocenters. The Bertz CT molecular complexity index is 1540. The van der Waals surface area contributed by atoms with Gasteiger partial charge < -0.3 is 44.7 Å². The first-order chi connectivity index (χ1) is 20.8. The van der Waals surface area contributed by atoms with Crippen LogP contribution in [0.4, 0.5) is 0 Å². The third-order valence-electron chi connectivity index (χ3n) is 8.72. The van der Waals surface area contributed by atoms with Gasteiger partial charge in [0.25, 0.3) is 0 Å². The molecular formula is C31H35NO12. The first-order valence-corrected chi connectivity index (χ1v) is 14.2. The van der Waals surface area contributed by atoms with Crippen LogP contribution in [0.25, 0.3) is 0 Å². The van der Waals surface area contributed by atoms with Crippen LogP contribution in [0.15, 0.2) is 18.2 Å². The molecule has 236 valence electrons. The molecule has 0 bridgehead atoms. The molecule has 0 radical (unpaired) electrons. The lowest BCUT2D eigenvalue weighted by Crippen LogP contribution is -2.54. The third kappa shape index (κ3) is 5.24. The van der Waals surface area contributed by atoms with E-state index in [9.17, 15) is 39.6 Å². The van der Waals surface area contributed by atoms with E-state index in [1.54, 1.807) is 6.92 Å². The van der Waals surface area contributed by atoms with Gasteiger partial charge in [-0.05, 0) is 19.9 Å². The van der Waals surface area contributed by atoms with Crippen LogP contribution in [0.3, 0.4) is 0 Å². The fraction of sp³-hybridized carbons (Fsp3) is 0.484. The Balaban J connectivity index is 1.56. The molecule has 1 heterocycles. The van der Waals surface area contributed by atoms with Gasteiger partial charge in [0, 0.05) is 48.5 Å². The molecule has 2 aromatic rings. The van der Waals surface area contributed by atoms with Crippen LogP contribution in [0.1, 0.15) is 82.2 Å². The summed E-state index contributed by atoms with van der Waals surface area (Å²) in [4.78, 5) is 51.6. The number of fused-ring (bicyclic) bond motifs is 3. The number of nitrogens with one attached hydrogen (secondary N) is 1. The highest BCUT2D eigenvalue weighted by Gasteiger charge is 2.49. The van der Waals surface area contributed by atoms with E-state index in [2.05, 4.69) is 10.1 Å². The van der Waals surface area contributed by atoms with E-state index in [1.165, 1.54) is 39.3 Å². The van der Waals surface area contributed by atoms with Gasteiger partial charge >= 0.3 is 5.97 Å². The number of methoxy groups -OCH3 is 2. The summed E-state index contributed by atoms with van der Waals surface area (Å²) in [6.45, 7) is 2.99. The quantitative estimate of drug-likeness (QED) is 0.180. The minimum atomic E-state index is -2.05. The molecule has 5 rings (SSSR count). The zero-order chi connectivity index (χ0) is 32.1. The van der Waals surface area contributed by atoms with Gasteiger partial charge in [0.15, 0.2) is 17.9 Å². The molecule has 0 spiro atoms. The number of hydrogen-bond acceptors (Lipinski definition) is 13. The minimum Gasteiger partial charge on any atom is -0.507 e. The monoisotopic (exact) mass is 613 g/mol. The average molecular weight is 614 g/mol. The standard InChI is InChI=1S/C31H35NO12/c1-13-26(35)17(32-9-8-20(34)42-4)10-21(43-13)44-19-12-31(40,14(2)33)11-16-23(19)30(39)25-24(28(16)37)27(36)15-6-5-7-18(41-3)22(15)29(25)38/h5-7,13,17,19,21,26,32,35,37,39-40H,8-12H2,1-4H3/t13-,17-,19-,21-,26+,31-/m0/s1. The second kappa shape index (κ2) is 11.9. The summed E-state index contributed by atoms with van der Waals surface area (Å²) in [5.41, 5.74) is -3.22. The summed E-state index contributed by atoms with van der Waals surface area (Å²) in [7, 11) is 2.60. The number of ether oxygens (including phenoxy) is 4. The summed E-state index contributed by atoms with van der Waals surface area (Å²) in [5.74, 6) is -3.74. The summed E-state index contributed by atoms with van der Waals surface area (Å²) >= 11 is 0. The SMILES string of the molecule is COC(=O)CCN[C@H]1C[C@H](O[C@H]2C[C@](O)(C(C)=O)Cc3c(O)c4c(c(O)c32)C(=O)c2c(OC)cccc2C4=O)O[C@@H](C)[C@H]1O. The van der Waals surface area contributed by atoms with Crippen molar-refractivity contribution in [2.45, 2.75) is 75.8 Å². The van der Waals surface area contributed by atoms with Crippen LogP contribution in [-0.4, -0.2) is 94.7 Å². The van der Waals surface area contributed by atoms with Crippen molar-refractivity contribution < 1.29 is 58.6 Å². The molecule has 1 saturated heterocycles. The van der Waals surface area contributed by atoms with Crippen LogP contribution < -0.4 is 10.1 Å². The third-order valence-corrected chi connectivity index (χ3v) is 8.72. The summed E-state index contributed by atoms with van der Waals surface area (Å²) in [6, 6.07) is 3.83. The van der Waals surface area contributed by atoms with Crippen LogP contribution >= 0.6 is 0 Å². The van der Waals surface area contributed by atoms with E-state index in [-0.39, 0.29) is 53.8 Å². The number of benzene rings is 2. The van der Waals surface area contributed by atoms with Crippen LogP contribution in [0.2, 0.25) is 0 Å². The summed E-state index contributed by atoms with van der Waals surface area (Å²) in [5, 5.41) is 48.2. The molecular weight excluding hydrogens is 578 g/mol. The Morgan fingerprint density at radius 2 is 1.80 bits per heavy atom. The number of ketones is 3. The first-order valence-electron chi connectivity index (χ1n) is 14.2. The van der Waals surface area contributed by atoms with Gasteiger partial charge in [-0.3, -0.25) is 19.2 Å². The topological polar surface area (TPSA) is 198 Å².